The molecule has 0 fully saturated rings. The summed E-state index contributed by atoms with van der Waals surface area (Å²) in [5.41, 5.74) is 16.9. The van der Waals surface area contributed by atoms with Gasteiger partial charge >= 0.3 is 0 Å². The van der Waals surface area contributed by atoms with Crippen LogP contribution in [0.3, 0.4) is 0 Å². The third-order valence-corrected chi connectivity index (χ3v) is 13.5. The zero-order valence-electron chi connectivity index (χ0n) is 32.1. The normalized spacial score (nSPS) is 14.0. The van der Waals surface area contributed by atoms with Gasteiger partial charge in [-0.15, -0.1) is 0 Å². The Morgan fingerprint density at radius 1 is 0.379 bits per heavy atom. The van der Waals surface area contributed by atoms with Gasteiger partial charge in [-0.05, 0) is 104 Å². The molecule has 0 saturated heterocycles. The van der Waals surface area contributed by atoms with Gasteiger partial charge in [0.2, 0.25) is 13.4 Å². The predicted molar refractivity (Wildman–Crippen MR) is 236 cm³/mol. The van der Waals surface area contributed by atoms with Gasteiger partial charge in [-0.25, -0.2) is 0 Å². The standard InChI is InChI=1S/C50H30B2N2O4/c1-23-5-13-35-31(17-23)47(55)27-9-11-29-45-43(27)51(35)37-21-38-42(22-41(37)53(45)39-15-7-25(3)19-33(39)49(29)57)54-40-16-8-26(4)20-34(40)50(58)30-12-10-28-44(46(30)54)52(38)36-14-6-24(2)18-32(36)48(28)56/h5-22H,1-4H3. The number of nitrogens with zero attached hydrogens (tertiary/aromatic N) is 2. The van der Waals surface area contributed by atoms with Gasteiger partial charge in [0.1, 0.15) is 0 Å². The lowest BCUT2D eigenvalue weighted by molar-refractivity contribution is 0.103. The van der Waals surface area contributed by atoms with Crippen molar-refractivity contribution >= 4 is 101 Å². The lowest BCUT2D eigenvalue weighted by Gasteiger charge is -2.38. The highest BCUT2D eigenvalue weighted by atomic mass is 16.1. The molecule has 4 aliphatic rings. The van der Waals surface area contributed by atoms with Gasteiger partial charge in [0.15, 0.2) is 22.4 Å². The second-order valence-corrected chi connectivity index (χ2v) is 16.9. The Kier molecular flexibility index (Phi) is 5.79. The number of hydrogen-bond donors (Lipinski definition) is 0. The van der Waals surface area contributed by atoms with E-state index >= 15 is 0 Å². The highest BCUT2D eigenvalue weighted by Crippen LogP contribution is 2.35. The SMILES string of the molecule is Cc1ccc2c(c1)C(=O)c1ccc3c(=O)c4cc(C)ccc4n4c3c1B2c1cc2c(cc1-4)-n1c3ccc(C)cc3c(=O)c3ccc4c(c31)B2c1ccc(C)cc1C4=O. The van der Waals surface area contributed by atoms with Crippen molar-refractivity contribution in [1.82, 2.24) is 9.13 Å². The van der Waals surface area contributed by atoms with E-state index in [0.29, 0.717) is 43.8 Å². The number of hydrogen-bond acceptors (Lipinski definition) is 4. The molecule has 0 atom stereocenters. The van der Waals surface area contributed by atoms with Crippen molar-refractivity contribution in [1.29, 1.82) is 0 Å². The molecule has 0 bridgehead atoms. The van der Waals surface area contributed by atoms with Crippen LogP contribution < -0.4 is 43.6 Å². The fraction of sp³-hybridized carbons (Fsp3) is 0.0800. The highest BCUT2D eigenvalue weighted by Gasteiger charge is 2.46. The van der Waals surface area contributed by atoms with E-state index in [4.69, 9.17) is 0 Å². The Bertz CT molecular complexity index is 3490. The van der Waals surface area contributed by atoms with Crippen LogP contribution in [0, 0.1) is 27.7 Å². The third-order valence-electron chi connectivity index (χ3n) is 13.5. The molecular weight excluding hydrogens is 714 g/mol. The lowest BCUT2D eigenvalue weighted by Crippen LogP contribution is -2.65. The minimum absolute atomic E-state index is 0.0395. The topological polar surface area (TPSA) is 78.1 Å². The molecule has 0 radical (unpaired) electrons. The van der Waals surface area contributed by atoms with Crippen LogP contribution in [0.1, 0.15) is 54.1 Å². The molecule has 6 nitrogen and oxygen atoms in total. The van der Waals surface area contributed by atoms with E-state index in [1.54, 1.807) is 0 Å². The van der Waals surface area contributed by atoms with Gasteiger partial charge in [0.05, 0.1) is 22.1 Å². The van der Waals surface area contributed by atoms with E-state index in [1.807, 2.05) is 100 Å². The number of benzene rings is 7. The number of pyridine rings is 2. The Labute approximate surface area is 332 Å². The summed E-state index contributed by atoms with van der Waals surface area (Å²) < 4.78 is 4.42. The van der Waals surface area contributed by atoms with Crippen molar-refractivity contribution < 1.29 is 9.59 Å². The number of ketones is 2. The zero-order valence-corrected chi connectivity index (χ0v) is 32.1. The first-order valence-electron chi connectivity index (χ1n) is 19.8. The van der Waals surface area contributed by atoms with Gasteiger partial charge in [-0.3, -0.25) is 19.2 Å². The number of carbonyl (C=O) groups excluding carboxylic acids is 2. The van der Waals surface area contributed by atoms with Gasteiger partial charge in [-0.2, -0.15) is 0 Å². The molecule has 2 aromatic heterocycles. The highest BCUT2D eigenvalue weighted by molar-refractivity contribution is 7.03. The van der Waals surface area contributed by atoms with E-state index in [0.717, 1.165) is 88.5 Å². The van der Waals surface area contributed by atoms with E-state index in [9.17, 15) is 19.2 Å². The molecule has 13 rings (SSSR count). The second-order valence-electron chi connectivity index (χ2n) is 16.9. The van der Waals surface area contributed by atoms with Crippen molar-refractivity contribution in [3.05, 3.63) is 174 Å². The van der Waals surface area contributed by atoms with Crippen LogP contribution in [0.5, 0.6) is 0 Å². The molecule has 0 N–H and O–H groups in total. The number of fused-ring (bicyclic) bond motifs is 14. The molecule has 8 heteroatoms. The number of rotatable bonds is 0. The number of aromatic nitrogens is 2. The summed E-state index contributed by atoms with van der Waals surface area (Å²) in [6, 6.07) is 36.3. The van der Waals surface area contributed by atoms with Gasteiger partial charge < -0.3 is 9.13 Å². The van der Waals surface area contributed by atoms with Crippen molar-refractivity contribution in [2.24, 2.45) is 0 Å². The molecule has 0 saturated carbocycles. The molecule has 9 aromatic rings. The fourth-order valence-electron chi connectivity index (χ4n) is 11.1. The molecule has 0 unspecified atom stereocenters. The van der Waals surface area contributed by atoms with Crippen LogP contribution in [0.2, 0.25) is 0 Å². The summed E-state index contributed by atoms with van der Waals surface area (Å²) in [4.78, 5) is 58.1. The minimum Gasteiger partial charge on any atom is -0.310 e. The van der Waals surface area contributed by atoms with Crippen LogP contribution in [-0.2, 0) is 0 Å². The maximum absolute atomic E-state index is 14.5. The molecule has 58 heavy (non-hydrogen) atoms. The number of aryl methyl sites for hydroxylation is 4. The van der Waals surface area contributed by atoms with Crippen molar-refractivity contribution in [2.45, 2.75) is 27.7 Å². The van der Waals surface area contributed by atoms with Crippen molar-refractivity contribution in [3.63, 3.8) is 0 Å². The Morgan fingerprint density at radius 3 is 1.24 bits per heavy atom. The van der Waals surface area contributed by atoms with Gasteiger partial charge in [0.25, 0.3) is 0 Å². The third kappa shape index (κ3) is 3.68. The first-order valence-corrected chi connectivity index (χ1v) is 19.8. The molecule has 0 spiro atoms. The van der Waals surface area contributed by atoms with Crippen molar-refractivity contribution in [3.8, 4) is 11.4 Å². The maximum atomic E-state index is 14.5. The minimum atomic E-state index is -0.345. The van der Waals surface area contributed by atoms with Gasteiger partial charge in [0, 0.05) is 55.2 Å². The average molecular weight is 744 g/mol. The van der Waals surface area contributed by atoms with E-state index in [-0.39, 0.29) is 35.8 Å². The van der Waals surface area contributed by atoms with E-state index in [1.165, 1.54) is 0 Å². The monoisotopic (exact) mass is 744 g/mol. The average Bonchev–Trinajstić information content (AvgIpc) is 3.22. The van der Waals surface area contributed by atoms with Crippen LogP contribution in [0.15, 0.2) is 119 Å². The van der Waals surface area contributed by atoms with Crippen LogP contribution >= 0.6 is 0 Å². The lowest BCUT2D eigenvalue weighted by atomic mass is 9.29. The summed E-state index contributed by atoms with van der Waals surface area (Å²) in [5.74, 6) is -0.0790. The van der Waals surface area contributed by atoms with E-state index in [2.05, 4.69) is 45.5 Å². The molecule has 270 valence electrons. The summed E-state index contributed by atoms with van der Waals surface area (Å²) in [7, 11) is 0. The molecule has 4 aliphatic heterocycles. The molecule has 0 aliphatic carbocycles. The number of carbonyl (C=O) groups is 2. The van der Waals surface area contributed by atoms with Crippen LogP contribution in [0.25, 0.3) is 55.0 Å². The van der Waals surface area contributed by atoms with E-state index < -0.39 is 0 Å². The molecule has 7 aromatic carbocycles. The van der Waals surface area contributed by atoms with Crippen molar-refractivity contribution in [2.75, 3.05) is 0 Å². The smallest absolute Gasteiger partial charge is 0.248 e. The largest absolute Gasteiger partial charge is 0.310 e. The first kappa shape index (κ1) is 32.1. The first-order chi connectivity index (χ1) is 28.1. The Balaban J connectivity index is 1.28. The summed E-state index contributed by atoms with van der Waals surface area (Å²) >= 11 is 0. The predicted octanol–water partition coefficient (Wildman–Crippen LogP) is 4.58. The Morgan fingerprint density at radius 2 is 0.793 bits per heavy atom. The summed E-state index contributed by atoms with van der Waals surface area (Å²) in [6.07, 6.45) is 0. The Hall–Kier alpha value is -7.05. The molecule has 6 heterocycles. The van der Waals surface area contributed by atoms with Crippen LogP contribution in [0.4, 0.5) is 0 Å². The second kappa shape index (κ2) is 10.5. The zero-order chi connectivity index (χ0) is 39.2. The van der Waals surface area contributed by atoms with Gasteiger partial charge in [-0.1, -0.05) is 87.8 Å². The summed E-state index contributed by atoms with van der Waals surface area (Å²) in [6.45, 7) is 7.33. The quantitative estimate of drug-likeness (QED) is 0.168. The molecular formula is C50H30B2N2O4. The summed E-state index contributed by atoms with van der Waals surface area (Å²) in [5, 5.41) is 2.38. The van der Waals surface area contributed by atoms with Crippen LogP contribution in [-0.4, -0.2) is 34.1 Å². The fourth-order valence-corrected chi connectivity index (χ4v) is 11.1. The maximum Gasteiger partial charge on any atom is 0.248 e. The molecule has 0 amide bonds.